The molecule has 1 aliphatic carbocycles. The van der Waals surface area contributed by atoms with Crippen LogP contribution >= 0.6 is 12.2 Å². The van der Waals surface area contributed by atoms with Crippen molar-refractivity contribution in [3.05, 3.63) is 29.3 Å². The largest absolute Gasteiger partial charge is 0.489 e. The van der Waals surface area contributed by atoms with Gasteiger partial charge >= 0.3 is 0 Å². The van der Waals surface area contributed by atoms with Crippen LogP contribution in [0.5, 0.6) is 5.75 Å². The number of ether oxygens (including phenoxy) is 1. The van der Waals surface area contributed by atoms with Crippen LogP contribution < -0.4 is 10.5 Å². The van der Waals surface area contributed by atoms with Crippen LogP contribution in [0.3, 0.4) is 0 Å². The minimum Gasteiger partial charge on any atom is -0.489 e. The zero-order chi connectivity index (χ0) is 13.1. The van der Waals surface area contributed by atoms with E-state index in [0.717, 1.165) is 23.3 Å². The fraction of sp³-hybridized carbons (Fsp3) is 0.533. The lowest BCUT2D eigenvalue weighted by molar-refractivity contribution is 0.102. The molecular formula is C15H21NOS. The molecule has 18 heavy (non-hydrogen) atoms. The van der Waals surface area contributed by atoms with Gasteiger partial charge in [-0.05, 0) is 44.2 Å². The fourth-order valence-corrected chi connectivity index (χ4v) is 2.72. The van der Waals surface area contributed by atoms with Crippen LogP contribution in [-0.2, 0) is 0 Å². The van der Waals surface area contributed by atoms with Crippen LogP contribution in [0.2, 0.25) is 0 Å². The van der Waals surface area contributed by atoms with Gasteiger partial charge < -0.3 is 10.5 Å². The van der Waals surface area contributed by atoms with Gasteiger partial charge in [0.2, 0.25) is 0 Å². The summed E-state index contributed by atoms with van der Waals surface area (Å²) in [4.78, 5) is 0.414. The minimum atomic E-state index is 0.301. The van der Waals surface area contributed by atoms with Gasteiger partial charge in [0.1, 0.15) is 16.8 Å². The van der Waals surface area contributed by atoms with Crippen molar-refractivity contribution in [3.63, 3.8) is 0 Å². The molecule has 0 spiro atoms. The highest BCUT2D eigenvalue weighted by Crippen LogP contribution is 2.30. The highest BCUT2D eigenvalue weighted by atomic mass is 32.1. The molecule has 0 bridgehead atoms. The summed E-state index contributed by atoms with van der Waals surface area (Å²) < 4.78 is 6.15. The molecule has 2 nitrogen and oxygen atoms in total. The van der Waals surface area contributed by atoms with Crippen molar-refractivity contribution in [3.8, 4) is 5.75 Å². The maximum atomic E-state index is 6.15. The molecular weight excluding hydrogens is 242 g/mol. The molecule has 1 saturated carbocycles. The quantitative estimate of drug-likeness (QED) is 0.846. The zero-order valence-electron chi connectivity index (χ0n) is 11.1. The molecule has 0 aromatic heterocycles. The Hall–Kier alpha value is -1.09. The van der Waals surface area contributed by atoms with E-state index in [1.807, 2.05) is 25.1 Å². The molecule has 2 N–H and O–H groups in total. The van der Waals surface area contributed by atoms with Gasteiger partial charge in [-0.25, -0.2) is 0 Å². The van der Waals surface area contributed by atoms with Gasteiger partial charge in [-0.15, -0.1) is 0 Å². The number of aryl methyl sites for hydroxylation is 1. The Labute approximate surface area is 115 Å². The van der Waals surface area contributed by atoms with Gasteiger partial charge in [-0.1, -0.05) is 37.2 Å². The molecule has 2 unspecified atom stereocenters. The predicted molar refractivity (Wildman–Crippen MR) is 79.1 cm³/mol. The summed E-state index contributed by atoms with van der Waals surface area (Å²) in [7, 11) is 0. The number of nitrogens with two attached hydrogens (primary N) is 1. The maximum absolute atomic E-state index is 6.15. The first-order chi connectivity index (χ1) is 8.58. The highest BCUT2D eigenvalue weighted by Gasteiger charge is 2.23. The SMILES string of the molecule is Cc1ccc(OC2CCCCC2C)c(C(N)=S)c1. The van der Waals surface area contributed by atoms with E-state index >= 15 is 0 Å². The van der Waals surface area contributed by atoms with Gasteiger partial charge in [0.25, 0.3) is 0 Å². The normalized spacial score (nSPS) is 23.7. The van der Waals surface area contributed by atoms with Gasteiger partial charge in [0.15, 0.2) is 0 Å². The third kappa shape index (κ3) is 3.02. The molecule has 1 aromatic carbocycles. The zero-order valence-corrected chi connectivity index (χ0v) is 11.9. The molecule has 1 aliphatic rings. The summed E-state index contributed by atoms with van der Waals surface area (Å²) in [6.07, 6.45) is 5.25. The first-order valence-electron chi connectivity index (χ1n) is 6.65. The fourth-order valence-electron chi connectivity index (χ4n) is 2.56. The number of hydrogen-bond donors (Lipinski definition) is 1. The van der Waals surface area contributed by atoms with E-state index in [-0.39, 0.29) is 0 Å². The molecule has 2 rings (SSSR count). The van der Waals surface area contributed by atoms with Gasteiger partial charge in [0.05, 0.1) is 5.56 Å². The van der Waals surface area contributed by atoms with Crippen molar-refractivity contribution in [2.75, 3.05) is 0 Å². The smallest absolute Gasteiger partial charge is 0.129 e. The molecule has 98 valence electrons. The lowest BCUT2D eigenvalue weighted by Gasteiger charge is -2.30. The molecule has 3 heteroatoms. The second kappa shape index (κ2) is 5.70. The van der Waals surface area contributed by atoms with E-state index in [1.54, 1.807) is 0 Å². The molecule has 2 atom stereocenters. The van der Waals surface area contributed by atoms with E-state index < -0.39 is 0 Å². The average Bonchev–Trinajstić information content (AvgIpc) is 2.34. The van der Waals surface area contributed by atoms with Crippen LogP contribution in [0.4, 0.5) is 0 Å². The third-order valence-electron chi connectivity index (χ3n) is 3.71. The summed E-state index contributed by atoms with van der Waals surface area (Å²) in [5, 5.41) is 0. The van der Waals surface area contributed by atoms with E-state index in [4.69, 9.17) is 22.7 Å². The average molecular weight is 263 g/mol. The standard InChI is InChI=1S/C15H21NOS/c1-10-7-8-14(12(9-10)15(16)18)17-13-6-4-3-5-11(13)2/h7-9,11,13H,3-6H2,1-2H3,(H2,16,18). The Morgan fingerprint density at radius 1 is 1.33 bits per heavy atom. The van der Waals surface area contributed by atoms with E-state index in [2.05, 4.69) is 6.92 Å². The number of rotatable bonds is 3. The van der Waals surface area contributed by atoms with Crippen LogP contribution in [0.25, 0.3) is 0 Å². The van der Waals surface area contributed by atoms with Gasteiger partial charge in [-0.3, -0.25) is 0 Å². The van der Waals surface area contributed by atoms with Gasteiger partial charge in [-0.2, -0.15) is 0 Å². The van der Waals surface area contributed by atoms with Crippen LogP contribution in [-0.4, -0.2) is 11.1 Å². The monoisotopic (exact) mass is 263 g/mol. The molecule has 0 saturated heterocycles. The summed E-state index contributed by atoms with van der Waals surface area (Å²) in [6.45, 7) is 4.30. The van der Waals surface area contributed by atoms with Crippen LogP contribution in [0.1, 0.15) is 43.7 Å². The molecule has 1 aromatic rings. The van der Waals surface area contributed by atoms with E-state index in [9.17, 15) is 0 Å². The Morgan fingerprint density at radius 3 is 2.72 bits per heavy atom. The Balaban J connectivity index is 2.20. The predicted octanol–water partition coefficient (Wildman–Crippen LogP) is 3.59. The van der Waals surface area contributed by atoms with E-state index in [1.165, 1.54) is 19.3 Å². The molecule has 0 heterocycles. The molecule has 0 radical (unpaired) electrons. The molecule has 0 aliphatic heterocycles. The summed E-state index contributed by atoms with van der Waals surface area (Å²) in [5.74, 6) is 1.45. The van der Waals surface area contributed by atoms with E-state index in [0.29, 0.717) is 17.0 Å². The Bertz CT molecular complexity index is 444. The maximum Gasteiger partial charge on any atom is 0.129 e. The van der Waals surface area contributed by atoms with Crippen molar-refractivity contribution in [2.24, 2.45) is 11.7 Å². The summed E-state index contributed by atoms with van der Waals surface area (Å²) in [6, 6.07) is 6.04. The molecule has 1 fully saturated rings. The lowest BCUT2D eigenvalue weighted by atomic mass is 9.88. The van der Waals surface area contributed by atoms with Crippen molar-refractivity contribution in [1.82, 2.24) is 0 Å². The van der Waals surface area contributed by atoms with Gasteiger partial charge in [0, 0.05) is 0 Å². The third-order valence-corrected chi connectivity index (χ3v) is 3.93. The van der Waals surface area contributed by atoms with Crippen LogP contribution in [0, 0.1) is 12.8 Å². The molecule has 0 amide bonds. The number of benzene rings is 1. The minimum absolute atomic E-state index is 0.301. The van der Waals surface area contributed by atoms with Crippen LogP contribution in [0.15, 0.2) is 18.2 Å². The Morgan fingerprint density at radius 2 is 2.06 bits per heavy atom. The lowest BCUT2D eigenvalue weighted by Crippen LogP contribution is -2.29. The van der Waals surface area contributed by atoms with Crippen molar-refractivity contribution in [2.45, 2.75) is 45.6 Å². The second-order valence-electron chi connectivity index (χ2n) is 5.28. The number of thiocarbonyl (C=S) groups is 1. The summed E-state index contributed by atoms with van der Waals surface area (Å²) in [5.41, 5.74) is 7.79. The first-order valence-corrected chi connectivity index (χ1v) is 7.06. The van der Waals surface area contributed by atoms with Crippen molar-refractivity contribution >= 4 is 17.2 Å². The highest BCUT2D eigenvalue weighted by molar-refractivity contribution is 7.80. The summed E-state index contributed by atoms with van der Waals surface area (Å²) >= 11 is 5.10. The van der Waals surface area contributed by atoms with Crippen molar-refractivity contribution < 1.29 is 4.74 Å². The first kappa shape index (κ1) is 13.3. The Kier molecular flexibility index (Phi) is 4.23. The number of hydrogen-bond acceptors (Lipinski definition) is 2. The van der Waals surface area contributed by atoms with Crippen molar-refractivity contribution in [1.29, 1.82) is 0 Å². The topological polar surface area (TPSA) is 35.2 Å². The second-order valence-corrected chi connectivity index (χ2v) is 5.72.